The Morgan fingerprint density at radius 3 is 1.56 bits per heavy atom. The largest absolute Gasteiger partial charge is 0.497 e. The van der Waals surface area contributed by atoms with Crippen LogP contribution in [0.5, 0.6) is 29.0 Å². The van der Waals surface area contributed by atoms with Crippen LogP contribution in [0.4, 0.5) is 5.69 Å². The molecule has 0 unspecified atom stereocenters. The van der Waals surface area contributed by atoms with Crippen LogP contribution in [0.15, 0.2) is 269 Å². The second-order valence-corrected chi connectivity index (χ2v) is 31.9. The number of thiazole rings is 1. The van der Waals surface area contributed by atoms with E-state index in [0.29, 0.717) is 74.2 Å². The lowest BCUT2D eigenvalue weighted by Crippen LogP contribution is -2.21. The van der Waals surface area contributed by atoms with Gasteiger partial charge in [0.1, 0.15) is 27.8 Å². The first-order valence-corrected chi connectivity index (χ1v) is 41.5. The molecule has 0 bridgehead atoms. The van der Waals surface area contributed by atoms with E-state index >= 15 is 0 Å². The summed E-state index contributed by atoms with van der Waals surface area (Å²) in [5.41, 5.74) is 13.0. The molecule has 0 radical (unpaired) electrons. The second kappa shape index (κ2) is 38.4. The Balaban J connectivity index is 0.000000126. The van der Waals surface area contributed by atoms with Gasteiger partial charge in [-0.05, 0) is 212 Å². The van der Waals surface area contributed by atoms with E-state index in [9.17, 15) is 24.0 Å². The van der Waals surface area contributed by atoms with Crippen LogP contribution in [0.3, 0.4) is 0 Å². The van der Waals surface area contributed by atoms with E-state index in [4.69, 9.17) is 32.5 Å². The summed E-state index contributed by atoms with van der Waals surface area (Å²) < 4.78 is 45.6. The molecular weight excluding hydrogens is 1590 g/mol. The van der Waals surface area contributed by atoms with Crippen molar-refractivity contribution in [1.29, 1.82) is 0 Å². The number of carbonyl (C=O) groups is 2. The zero-order valence-electron chi connectivity index (χ0n) is 70.1. The molecule has 1 aliphatic carbocycles. The van der Waals surface area contributed by atoms with Gasteiger partial charge in [-0.2, -0.15) is 20.2 Å². The number of hydrogen-bond acceptors (Lipinski definition) is 21. The van der Waals surface area contributed by atoms with E-state index in [2.05, 4.69) is 73.1 Å². The summed E-state index contributed by atoms with van der Waals surface area (Å²) in [4.78, 5) is 88.8. The third-order valence-electron chi connectivity index (χ3n) is 20.4. The van der Waals surface area contributed by atoms with E-state index in [0.717, 1.165) is 142 Å². The van der Waals surface area contributed by atoms with Crippen LogP contribution in [-0.4, -0.2) is 106 Å². The minimum absolute atomic E-state index is 0.0546. The number of aryl methyl sites for hydroxylation is 4. The predicted octanol–water partition coefficient (Wildman–Crippen LogP) is 19.7. The molecule has 0 aliphatic heterocycles. The maximum atomic E-state index is 13.1. The monoisotopic (exact) mass is 1680 g/mol. The molecule has 18 rings (SSSR count). The average Bonchev–Trinajstić information content (AvgIpc) is 1.69. The normalized spacial score (nSPS) is 12.6. The van der Waals surface area contributed by atoms with Crippen LogP contribution >= 0.6 is 23.1 Å². The minimum atomic E-state index is -0.165. The highest BCUT2D eigenvalue weighted by molar-refractivity contribution is 7.99. The van der Waals surface area contributed by atoms with Crippen molar-refractivity contribution in [3.05, 3.63) is 289 Å². The SMILES string of the molecule is CCCCCn1c(=O)c2nc(-c3ccc(OC)cc3)oc2c2ccccc21.COc1cc(OC)nc(Sc2ccc(NC(=O)c3ccc(C(C)(C)C)cc3)cc2)n1.COc1ccc(-c2nc3c(=O)[nH]c4ccccc4c3s2)cc1.COc1ccc(-c2nc3c(=O)n(C)c4ccccc4c3o2)cc1.Cn1ccc(/C=C2/CCC/C(=C\c3ccn(C)n3)C2=O)n1. The summed E-state index contributed by atoms with van der Waals surface area (Å²) in [6.45, 7) is 9.29. The van der Waals surface area contributed by atoms with Crippen LogP contribution in [0.25, 0.3) is 111 Å². The zero-order chi connectivity index (χ0) is 86.4. The fourth-order valence-corrected chi connectivity index (χ4v) is 15.7. The van der Waals surface area contributed by atoms with Gasteiger partial charge in [-0.25, -0.2) is 15.0 Å². The number of methoxy groups -OCH3 is 5. The quantitative estimate of drug-likeness (QED) is 0.0458. The lowest BCUT2D eigenvalue weighted by molar-refractivity contribution is -0.112. The number of unbranched alkanes of at least 4 members (excludes halogenated alkanes) is 2. The number of allylic oxidation sites excluding steroid dienone is 2. The number of Topliss-reactive ketones (excluding diaryl/α,β-unsaturated/α-hetero) is 1. The first-order valence-electron chi connectivity index (χ1n) is 39.8. The molecule has 0 spiro atoms. The number of anilines is 1. The zero-order valence-corrected chi connectivity index (χ0v) is 71.7. The van der Waals surface area contributed by atoms with Gasteiger partial charge in [0, 0.05) is 106 Å². The van der Waals surface area contributed by atoms with E-state index in [1.54, 1.807) is 62.6 Å². The number of fused-ring (bicyclic) bond motifs is 9. The highest BCUT2D eigenvalue weighted by Gasteiger charge is 2.24. The van der Waals surface area contributed by atoms with Crippen LogP contribution in [0, 0.1) is 0 Å². The van der Waals surface area contributed by atoms with Crippen LogP contribution in [0.1, 0.15) is 93.5 Å². The fraction of sp³-hybridized carbons (Fsp3) is 0.208. The van der Waals surface area contributed by atoms with Crippen molar-refractivity contribution in [2.75, 3.05) is 40.9 Å². The predicted molar refractivity (Wildman–Crippen MR) is 486 cm³/mol. The van der Waals surface area contributed by atoms with Crippen molar-refractivity contribution < 1.29 is 42.1 Å². The molecule has 624 valence electrons. The van der Waals surface area contributed by atoms with E-state index in [1.165, 1.54) is 28.7 Å². The maximum Gasteiger partial charge on any atom is 0.280 e. The summed E-state index contributed by atoms with van der Waals surface area (Å²) in [6.07, 6.45) is 13.3. The van der Waals surface area contributed by atoms with Gasteiger partial charge >= 0.3 is 0 Å². The number of amides is 1. The number of para-hydroxylation sites is 3. The Morgan fingerprint density at radius 1 is 0.545 bits per heavy atom. The Kier molecular flexibility index (Phi) is 26.6. The van der Waals surface area contributed by atoms with E-state index in [1.807, 2.05) is 249 Å². The number of H-pyrrole nitrogens is 1. The number of aromatic amines is 1. The molecule has 0 atom stereocenters. The van der Waals surface area contributed by atoms with Gasteiger partial charge in [0.05, 0.1) is 68.7 Å². The second-order valence-electron chi connectivity index (χ2n) is 29.8. The summed E-state index contributed by atoms with van der Waals surface area (Å²) >= 11 is 2.92. The molecule has 25 nitrogen and oxygen atoms in total. The number of ether oxygens (including phenoxy) is 5. The number of oxazole rings is 2. The van der Waals surface area contributed by atoms with Crippen molar-refractivity contribution in [1.82, 2.24) is 58.6 Å². The average molecular weight is 1680 g/mol. The summed E-state index contributed by atoms with van der Waals surface area (Å²) in [7, 11) is 13.5. The summed E-state index contributed by atoms with van der Waals surface area (Å²) in [5, 5.41) is 15.7. The number of carbonyl (C=O) groups excluding carboxylic acids is 2. The molecule has 1 aliphatic rings. The van der Waals surface area contributed by atoms with Gasteiger partial charge in [-0.1, -0.05) is 95.1 Å². The van der Waals surface area contributed by atoms with Crippen LogP contribution in [0.2, 0.25) is 0 Å². The molecule has 17 aromatic rings. The number of rotatable bonds is 18. The number of ketones is 1. The Labute approximate surface area is 716 Å². The van der Waals surface area contributed by atoms with Crippen molar-refractivity contribution in [3.63, 3.8) is 0 Å². The summed E-state index contributed by atoms with van der Waals surface area (Å²) in [5.74, 6) is 4.04. The molecule has 2 N–H and O–H groups in total. The van der Waals surface area contributed by atoms with Crippen LogP contribution in [-0.2, 0) is 37.9 Å². The van der Waals surface area contributed by atoms with Gasteiger partial charge in [0.25, 0.3) is 22.6 Å². The molecule has 1 saturated carbocycles. The molecule has 1 fully saturated rings. The molecule has 27 heteroatoms. The number of nitrogens with zero attached hydrogens (tertiary/aromatic N) is 11. The number of nitrogens with one attached hydrogen (secondary N) is 2. The molecule has 8 aromatic carbocycles. The minimum Gasteiger partial charge on any atom is -0.497 e. The number of pyridine rings is 3. The Hall–Kier alpha value is -14.3. The van der Waals surface area contributed by atoms with Gasteiger partial charge in [-0.15, -0.1) is 11.3 Å². The smallest absolute Gasteiger partial charge is 0.280 e. The maximum absolute atomic E-state index is 13.1. The van der Waals surface area contributed by atoms with Crippen molar-refractivity contribution in [2.24, 2.45) is 21.1 Å². The lowest BCUT2D eigenvalue weighted by atomic mass is 9.87. The molecule has 9 aromatic heterocycles. The summed E-state index contributed by atoms with van der Waals surface area (Å²) in [6, 6.07) is 66.5. The van der Waals surface area contributed by atoms with Gasteiger partial charge < -0.3 is 52.0 Å². The van der Waals surface area contributed by atoms with Gasteiger partial charge in [0.2, 0.25) is 23.5 Å². The highest BCUT2D eigenvalue weighted by Crippen LogP contribution is 2.37. The first-order chi connectivity index (χ1) is 59.6. The van der Waals surface area contributed by atoms with E-state index in [-0.39, 0.29) is 33.8 Å². The molecular formula is C96H91N13O12S2. The standard InChI is InChI=1S/C23H25N3O3S.C22H22N2O3.C18H14N2O3.C17H12N2O2S.C16H18N4O/c1-23(2,3)16-8-6-15(7-9-16)21(27)24-17-10-12-18(13-11-17)30-22-25-19(28-4)14-20(26-22)29-5;1-3-4-7-14-24-18-9-6-5-8-17(18)20-19(22(24)25)23-21(27-20)15-10-12-16(26-2)13-11-15;1-20-14-6-4-3-5-13(14)16-15(18(20)21)19-17(23-16)11-7-9-12(22-2)10-8-11;1-21-11-8-6-10(7-9-11)17-19-14-15(22-17)12-4-2-3-5-13(12)18-16(14)20;1-19-8-6-14(17-19)10-12-4-3-5-13(16(12)21)11-15-7-9-20(2)18-15/h6-14H,1-5H3,(H,24,27);5-6,8-13H,3-4,7,14H2,1-2H3;3-10H,1-2H3;2-9H,1H3,(H,18,20);6-11H,3-5H2,1-2H3/b;;;;12-10-,13-11+. The Bertz CT molecular complexity index is 6830. The number of hydrogen-bond donors (Lipinski definition) is 2. The first kappa shape index (κ1) is 85.1. The lowest BCUT2D eigenvalue weighted by Gasteiger charge is -2.19. The number of benzene rings is 8. The fourth-order valence-electron chi connectivity index (χ4n) is 13.8. The third-order valence-corrected chi connectivity index (χ3v) is 22.4. The van der Waals surface area contributed by atoms with Crippen molar-refractivity contribution in [2.45, 2.75) is 88.2 Å². The van der Waals surface area contributed by atoms with E-state index < -0.39 is 0 Å². The molecule has 1 amide bonds. The third kappa shape index (κ3) is 19.9. The number of aromatic nitrogens is 12. The van der Waals surface area contributed by atoms with Gasteiger partial charge in [0.15, 0.2) is 33.1 Å². The molecule has 0 saturated heterocycles. The highest BCUT2D eigenvalue weighted by atomic mass is 32.2. The van der Waals surface area contributed by atoms with Crippen molar-refractivity contribution >= 4 is 118 Å². The topological polar surface area (TPSA) is 296 Å². The van der Waals surface area contributed by atoms with Crippen molar-refractivity contribution in [3.8, 4) is 62.5 Å². The van der Waals surface area contributed by atoms with Gasteiger partial charge in [-0.3, -0.25) is 33.3 Å². The molecule has 123 heavy (non-hydrogen) atoms. The van der Waals surface area contributed by atoms with Crippen LogP contribution < -0.4 is 45.7 Å². The molecule has 9 heterocycles. The Morgan fingerprint density at radius 2 is 1.05 bits per heavy atom.